The number of aromatic nitrogens is 1. The lowest BCUT2D eigenvalue weighted by Crippen LogP contribution is -2.49. The number of pyridine rings is 1. The molecule has 11 heteroatoms. The lowest BCUT2D eigenvalue weighted by atomic mass is 10.1. The highest BCUT2D eigenvalue weighted by Gasteiger charge is 2.28. The van der Waals surface area contributed by atoms with E-state index in [1.165, 1.54) is 12.3 Å². The van der Waals surface area contributed by atoms with Crippen LogP contribution in [0.25, 0.3) is 0 Å². The van der Waals surface area contributed by atoms with Crippen LogP contribution in [0.4, 0.5) is 18.0 Å². The third kappa shape index (κ3) is 8.34. The Morgan fingerprint density at radius 2 is 2.07 bits per heavy atom. The molecule has 8 nitrogen and oxygen atoms in total. The first kappa shape index (κ1) is 23.6. The van der Waals surface area contributed by atoms with E-state index in [4.69, 9.17) is 4.74 Å². The molecule has 0 atom stereocenters. The monoisotopic (exact) mass is 431 g/mol. The van der Waals surface area contributed by atoms with E-state index in [-0.39, 0.29) is 24.6 Å². The average Bonchev–Trinajstić information content (AvgIpc) is 2.71. The number of rotatable bonds is 7. The first-order chi connectivity index (χ1) is 14.3. The molecule has 2 rings (SSSR count). The molecule has 1 aliphatic rings. The Balaban J connectivity index is 1.90. The Bertz CT molecular complexity index is 707. The fraction of sp³-hybridized carbons (Fsp3) is 0.632. The van der Waals surface area contributed by atoms with Gasteiger partial charge in [0.15, 0.2) is 12.6 Å². The molecule has 1 saturated heterocycles. The van der Waals surface area contributed by atoms with Gasteiger partial charge in [0.25, 0.3) is 0 Å². The zero-order valence-electron chi connectivity index (χ0n) is 17.2. The number of alkyl halides is 3. The molecule has 2 N–H and O–H groups in total. The van der Waals surface area contributed by atoms with E-state index in [0.29, 0.717) is 37.8 Å². The van der Waals surface area contributed by atoms with Crippen LogP contribution in [-0.4, -0.2) is 67.0 Å². The number of hydrogen-bond acceptors (Lipinski definition) is 5. The van der Waals surface area contributed by atoms with Gasteiger partial charge in [0, 0.05) is 37.9 Å². The van der Waals surface area contributed by atoms with Crippen LogP contribution in [0.1, 0.15) is 32.3 Å². The summed E-state index contributed by atoms with van der Waals surface area (Å²) in [6.45, 7) is 4.79. The number of nitrogens with zero attached hydrogens (tertiary/aromatic N) is 3. The zero-order chi connectivity index (χ0) is 22.0. The quantitative estimate of drug-likeness (QED) is 0.510. The lowest BCUT2D eigenvalue weighted by molar-refractivity contribution is -0.154. The molecule has 0 unspecified atom stereocenters. The van der Waals surface area contributed by atoms with E-state index in [0.717, 1.165) is 12.8 Å². The van der Waals surface area contributed by atoms with E-state index in [9.17, 15) is 18.0 Å². The predicted molar refractivity (Wildman–Crippen MR) is 105 cm³/mol. The maximum atomic E-state index is 12.3. The second-order valence-corrected chi connectivity index (χ2v) is 6.71. The molecular formula is C19H28F3N5O3. The van der Waals surface area contributed by atoms with Crippen molar-refractivity contribution in [3.63, 3.8) is 0 Å². The fourth-order valence-electron chi connectivity index (χ4n) is 2.89. The van der Waals surface area contributed by atoms with Gasteiger partial charge in [-0.1, -0.05) is 0 Å². The number of hydrogen-bond donors (Lipinski definition) is 2. The van der Waals surface area contributed by atoms with Crippen molar-refractivity contribution in [1.29, 1.82) is 0 Å². The molecule has 1 fully saturated rings. The van der Waals surface area contributed by atoms with E-state index >= 15 is 0 Å². The summed E-state index contributed by atoms with van der Waals surface area (Å²) in [7, 11) is 0. The summed E-state index contributed by atoms with van der Waals surface area (Å²) < 4.78 is 46.6. The summed E-state index contributed by atoms with van der Waals surface area (Å²) >= 11 is 0. The van der Waals surface area contributed by atoms with Crippen LogP contribution in [0.5, 0.6) is 5.88 Å². The van der Waals surface area contributed by atoms with E-state index < -0.39 is 12.8 Å². The number of piperidine rings is 1. The van der Waals surface area contributed by atoms with Gasteiger partial charge in [-0.25, -0.2) is 14.8 Å². The smallest absolute Gasteiger partial charge is 0.422 e. The summed E-state index contributed by atoms with van der Waals surface area (Å²) in [5.41, 5.74) is 0.677. The average molecular weight is 431 g/mol. The fourth-order valence-corrected chi connectivity index (χ4v) is 2.89. The largest absolute Gasteiger partial charge is 0.468 e. The summed E-state index contributed by atoms with van der Waals surface area (Å²) in [5.74, 6) is 0.506. The maximum absolute atomic E-state index is 12.3. The van der Waals surface area contributed by atoms with Crippen molar-refractivity contribution < 1.29 is 27.4 Å². The van der Waals surface area contributed by atoms with Crippen molar-refractivity contribution in [2.75, 3.05) is 32.8 Å². The molecule has 0 radical (unpaired) electrons. The Labute approximate surface area is 173 Å². The summed E-state index contributed by atoms with van der Waals surface area (Å²) in [6.07, 6.45) is -1.80. The molecule has 0 aromatic carbocycles. The molecule has 1 aromatic rings. The first-order valence-corrected chi connectivity index (χ1v) is 9.91. The van der Waals surface area contributed by atoms with Gasteiger partial charge in [-0.05, 0) is 38.3 Å². The van der Waals surface area contributed by atoms with E-state index in [1.807, 2.05) is 6.92 Å². The Morgan fingerprint density at radius 3 is 2.70 bits per heavy atom. The number of nitrogens with one attached hydrogen (secondary N) is 2. The van der Waals surface area contributed by atoms with Gasteiger partial charge in [-0.3, -0.25) is 0 Å². The zero-order valence-corrected chi connectivity index (χ0v) is 17.2. The van der Waals surface area contributed by atoms with Gasteiger partial charge < -0.3 is 25.0 Å². The van der Waals surface area contributed by atoms with Gasteiger partial charge in [-0.15, -0.1) is 0 Å². The minimum absolute atomic E-state index is 0.0932. The van der Waals surface area contributed by atoms with Crippen LogP contribution in [0.2, 0.25) is 0 Å². The number of carbonyl (C=O) groups is 1. The Kier molecular flexibility index (Phi) is 9.00. The van der Waals surface area contributed by atoms with E-state index in [2.05, 4.69) is 25.3 Å². The second-order valence-electron chi connectivity index (χ2n) is 6.71. The summed E-state index contributed by atoms with van der Waals surface area (Å²) in [4.78, 5) is 21.8. The van der Waals surface area contributed by atoms with Gasteiger partial charge >= 0.3 is 12.3 Å². The number of halogens is 3. The van der Waals surface area contributed by atoms with Crippen molar-refractivity contribution in [2.24, 2.45) is 4.99 Å². The Morgan fingerprint density at radius 1 is 1.33 bits per heavy atom. The molecule has 1 aromatic heterocycles. The van der Waals surface area contributed by atoms with Crippen LogP contribution in [0, 0.1) is 0 Å². The van der Waals surface area contributed by atoms with Crippen molar-refractivity contribution in [3.05, 3.63) is 23.9 Å². The molecule has 0 spiro atoms. The van der Waals surface area contributed by atoms with Crippen molar-refractivity contribution in [2.45, 2.75) is 45.5 Å². The third-order valence-electron chi connectivity index (χ3n) is 4.31. The number of carbonyl (C=O) groups excluding carboxylic acids is 1. The van der Waals surface area contributed by atoms with Crippen molar-refractivity contribution >= 4 is 12.1 Å². The topological polar surface area (TPSA) is 88.1 Å². The maximum Gasteiger partial charge on any atom is 0.422 e. The Hall–Kier alpha value is -2.72. The van der Waals surface area contributed by atoms with Crippen LogP contribution >= 0.6 is 0 Å². The minimum atomic E-state index is -4.42. The van der Waals surface area contributed by atoms with Crippen LogP contribution in [-0.2, 0) is 11.3 Å². The normalized spacial score (nSPS) is 15.6. The number of ether oxygens (including phenoxy) is 2. The van der Waals surface area contributed by atoms with Crippen LogP contribution < -0.4 is 15.4 Å². The van der Waals surface area contributed by atoms with Crippen LogP contribution in [0.15, 0.2) is 23.3 Å². The molecular weight excluding hydrogens is 403 g/mol. The third-order valence-corrected chi connectivity index (χ3v) is 4.31. The molecule has 30 heavy (non-hydrogen) atoms. The first-order valence-electron chi connectivity index (χ1n) is 9.91. The van der Waals surface area contributed by atoms with Gasteiger partial charge in [0.2, 0.25) is 5.88 Å². The molecule has 1 aliphatic heterocycles. The van der Waals surface area contributed by atoms with Crippen molar-refractivity contribution in [1.82, 2.24) is 20.5 Å². The summed E-state index contributed by atoms with van der Waals surface area (Å²) in [6, 6.07) is 3.26. The second kappa shape index (κ2) is 11.5. The van der Waals surface area contributed by atoms with E-state index in [1.54, 1.807) is 17.9 Å². The molecule has 0 bridgehead atoms. The van der Waals surface area contributed by atoms with Gasteiger partial charge in [-0.2, -0.15) is 13.2 Å². The number of guanidine groups is 1. The molecule has 0 saturated carbocycles. The lowest BCUT2D eigenvalue weighted by Gasteiger charge is -2.32. The van der Waals surface area contributed by atoms with Gasteiger partial charge in [0.05, 0.1) is 13.2 Å². The molecule has 168 valence electrons. The standard InChI is InChI=1S/C19H28F3N5O3/c1-3-23-17(26-15-6-9-27(10-7-15)18(28)29-4-2)25-12-14-5-8-24-16(11-14)30-13-19(20,21)22/h5,8,11,15H,3-4,6-7,9-10,12-13H2,1-2H3,(H2,23,25,26). The molecule has 1 amide bonds. The van der Waals surface area contributed by atoms with Crippen molar-refractivity contribution in [3.8, 4) is 5.88 Å². The highest BCUT2D eigenvalue weighted by molar-refractivity contribution is 5.80. The highest BCUT2D eigenvalue weighted by Crippen LogP contribution is 2.18. The number of aliphatic imine (C=N–C) groups is 1. The van der Waals surface area contributed by atoms with Gasteiger partial charge in [0.1, 0.15) is 0 Å². The summed E-state index contributed by atoms with van der Waals surface area (Å²) in [5, 5.41) is 6.49. The SMILES string of the molecule is CCNC(=NCc1ccnc(OCC(F)(F)F)c1)NC1CCN(C(=O)OCC)CC1. The predicted octanol–water partition coefficient (Wildman–Crippen LogP) is 2.70. The molecule has 0 aliphatic carbocycles. The molecule has 2 heterocycles. The highest BCUT2D eigenvalue weighted by atomic mass is 19.4. The number of amides is 1. The van der Waals surface area contributed by atoms with Crippen LogP contribution in [0.3, 0.4) is 0 Å². The number of likely N-dealkylation sites (tertiary alicyclic amines) is 1. The minimum Gasteiger partial charge on any atom is -0.468 e.